The second-order valence-corrected chi connectivity index (χ2v) is 4.26. The maximum atomic E-state index is 13.3. The van der Waals surface area contributed by atoms with Crippen LogP contribution >= 0.6 is 11.6 Å². The van der Waals surface area contributed by atoms with E-state index in [4.69, 9.17) is 22.1 Å². The van der Waals surface area contributed by atoms with Crippen LogP contribution in [0.4, 0.5) is 10.1 Å². The normalized spacial score (nSPS) is 11.4. The van der Waals surface area contributed by atoms with Crippen molar-refractivity contribution in [3.63, 3.8) is 0 Å². The molecule has 0 atom stereocenters. The van der Waals surface area contributed by atoms with Gasteiger partial charge in [0.2, 0.25) is 0 Å². The highest BCUT2D eigenvalue weighted by Gasteiger charge is 2.06. The van der Waals surface area contributed by atoms with Crippen LogP contribution in [0.1, 0.15) is 5.56 Å². The van der Waals surface area contributed by atoms with Crippen LogP contribution in [-0.2, 0) is 6.61 Å². The number of alkyl halides is 1. The predicted molar refractivity (Wildman–Crippen MR) is 77.0 cm³/mol. The molecule has 1 heterocycles. The Balaban J connectivity index is 2.19. The van der Waals surface area contributed by atoms with Crippen LogP contribution in [0.5, 0.6) is 5.75 Å². The lowest BCUT2D eigenvalue weighted by molar-refractivity contribution is 0.307. The molecule has 4 nitrogen and oxygen atoms in total. The number of aromatic nitrogens is 1. The molecule has 0 aliphatic carbocycles. The SMILES string of the molecule is NC(CCl)=Nc1cc(F)ccc1OCc1ccncc1. The Morgan fingerprint density at radius 1 is 1.30 bits per heavy atom. The number of pyridine rings is 1. The van der Waals surface area contributed by atoms with E-state index in [1.54, 1.807) is 12.4 Å². The average molecular weight is 294 g/mol. The van der Waals surface area contributed by atoms with Crippen LogP contribution in [0.2, 0.25) is 0 Å². The standard InChI is InChI=1S/C14H13ClFN3O/c15-8-14(17)19-12-7-11(16)1-2-13(12)20-9-10-3-5-18-6-4-10/h1-7H,8-9H2,(H2,17,19). The Morgan fingerprint density at radius 2 is 2.05 bits per heavy atom. The van der Waals surface area contributed by atoms with Gasteiger partial charge in [0, 0.05) is 18.5 Å². The number of rotatable bonds is 5. The van der Waals surface area contributed by atoms with Crippen LogP contribution < -0.4 is 10.5 Å². The molecular formula is C14H13ClFN3O. The van der Waals surface area contributed by atoms with Crippen molar-refractivity contribution in [3.05, 3.63) is 54.1 Å². The van der Waals surface area contributed by atoms with Crippen molar-refractivity contribution in [2.45, 2.75) is 6.61 Å². The lowest BCUT2D eigenvalue weighted by atomic mass is 10.2. The molecule has 2 aromatic rings. The third-order valence-electron chi connectivity index (χ3n) is 2.47. The molecule has 0 saturated carbocycles. The summed E-state index contributed by atoms with van der Waals surface area (Å²) in [5.74, 6) is 0.296. The molecule has 1 aromatic heterocycles. The molecule has 0 amide bonds. The zero-order valence-corrected chi connectivity index (χ0v) is 11.3. The molecule has 2 rings (SSSR count). The number of hydrogen-bond donors (Lipinski definition) is 1. The van der Waals surface area contributed by atoms with Crippen molar-refractivity contribution in [2.24, 2.45) is 10.7 Å². The highest BCUT2D eigenvalue weighted by Crippen LogP contribution is 2.29. The molecule has 0 aliphatic rings. The number of ether oxygens (including phenoxy) is 1. The van der Waals surface area contributed by atoms with Crippen molar-refractivity contribution in [1.29, 1.82) is 0 Å². The highest BCUT2D eigenvalue weighted by molar-refractivity contribution is 6.28. The minimum atomic E-state index is -0.414. The van der Waals surface area contributed by atoms with Gasteiger partial charge in [-0.1, -0.05) is 0 Å². The minimum Gasteiger partial charge on any atom is -0.487 e. The van der Waals surface area contributed by atoms with Gasteiger partial charge in [0.25, 0.3) is 0 Å². The number of amidine groups is 1. The lowest BCUT2D eigenvalue weighted by Crippen LogP contribution is -2.12. The summed E-state index contributed by atoms with van der Waals surface area (Å²) in [7, 11) is 0. The van der Waals surface area contributed by atoms with Gasteiger partial charge in [-0.25, -0.2) is 9.38 Å². The summed E-state index contributed by atoms with van der Waals surface area (Å²) in [6, 6.07) is 7.73. The molecule has 0 spiro atoms. The first-order valence-corrected chi connectivity index (χ1v) is 6.43. The minimum absolute atomic E-state index is 0.0698. The zero-order chi connectivity index (χ0) is 14.4. The second kappa shape index (κ2) is 6.86. The van der Waals surface area contributed by atoms with Gasteiger partial charge in [-0.15, -0.1) is 11.6 Å². The number of benzene rings is 1. The number of nitrogens with zero attached hydrogens (tertiary/aromatic N) is 2. The van der Waals surface area contributed by atoms with E-state index in [1.807, 2.05) is 12.1 Å². The molecule has 0 radical (unpaired) electrons. The average Bonchev–Trinajstić information content (AvgIpc) is 2.47. The van der Waals surface area contributed by atoms with Crippen LogP contribution in [0.15, 0.2) is 47.7 Å². The Morgan fingerprint density at radius 3 is 2.75 bits per heavy atom. The van der Waals surface area contributed by atoms with Gasteiger partial charge in [0.1, 0.15) is 29.7 Å². The molecular weight excluding hydrogens is 281 g/mol. The van der Waals surface area contributed by atoms with Gasteiger partial charge < -0.3 is 10.5 Å². The molecule has 0 saturated heterocycles. The van der Waals surface area contributed by atoms with Crippen molar-refractivity contribution >= 4 is 23.1 Å². The van der Waals surface area contributed by atoms with E-state index in [-0.39, 0.29) is 11.7 Å². The fraction of sp³-hybridized carbons (Fsp3) is 0.143. The van der Waals surface area contributed by atoms with Crippen molar-refractivity contribution < 1.29 is 9.13 Å². The first kappa shape index (κ1) is 14.3. The number of aliphatic imine (C=N–C) groups is 1. The van der Waals surface area contributed by atoms with E-state index in [0.717, 1.165) is 5.56 Å². The van der Waals surface area contributed by atoms with E-state index in [0.29, 0.717) is 18.0 Å². The molecule has 0 fully saturated rings. The van der Waals surface area contributed by atoms with Crippen molar-refractivity contribution in [1.82, 2.24) is 4.98 Å². The monoisotopic (exact) mass is 293 g/mol. The van der Waals surface area contributed by atoms with Crippen LogP contribution in [-0.4, -0.2) is 16.7 Å². The van der Waals surface area contributed by atoms with Crippen molar-refractivity contribution in [3.8, 4) is 5.75 Å². The molecule has 0 unspecified atom stereocenters. The Kier molecular flexibility index (Phi) is 4.90. The van der Waals surface area contributed by atoms with E-state index < -0.39 is 5.82 Å². The summed E-state index contributed by atoms with van der Waals surface area (Å²) in [5.41, 5.74) is 6.83. The fourth-order valence-corrected chi connectivity index (χ4v) is 1.58. The van der Waals surface area contributed by atoms with E-state index >= 15 is 0 Å². The molecule has 0 aliphatic heterocycles. The number of halogens is 2. The summed E-state index contributed by atoms with van der Waals surface area (Å²) in [6.07, 6.45) is 3.35. The topological polar surface area (TPSA) is 60.5 Å². The van der Waals surface area contributed by atoms with Crippen molar-refractivity contribution in [2.75, 3.05) is 5.88 Å². The van der Waals surface area contributed by atoms with Crippen LogP contribution in [0.3, 0.4) is 0 Å². The largest absolute Gasteiger partial charge is 0.487 e. The summed E-state index contributed by atoms with van der Waals surface area (Å²) in [5, 5.41) is 0. The Hall–Kier alpha value is -2.14. The van der Waals surface area contributed by atoms with Gasteiger partial charge in [-0.3, -0.25) is 4.98 Å². The first-order chi connectivity index (χ1) is 9.69. The number of hydrogen-bond acceptors (Lipinski definition) is 3. The first-order valence-electron chi connectivity index (χ1n) is 5.89. The molecule has 6 heteroatoms. The summed E-state index contributed by atoms with van der Waals surface area (Å²) >= 11 is 5.57. The van der Waals surface area contributed by atoms with E-state index in [2.05, 4.69) is 9.98 Å². The predicted octanol–water partition coefficient (Wildman–Crippen LogP) is 3.03. The molecule has 2 N–H and O–H groups in total. The maximum absolute atomic E-state index is 13.3. The summed E-state index contributed by atoms with van der Waals surface area (Å²) in [4.78, 5) is 7.96. The fourth-order valence-electron chi connectivity index (χ4n) is 1.52. The third-order valence-corrected chi connectivity index (χ3v) is 2.74. The van der Waals surface area contributed by atoms with Crippen LogP contribution in [0.25, 0.3) is 0 Å². The smallest absolute Gasteiger partial charge is 0.145 e. The second-order valence-electron chi connectivity index (χ2n) is 3.99. The third kappa shape index (κ3) is 3.93. The molecule has 1 aromatic carbocycles. The van der Waals surface area contributed by atoms with Gasteiger partial charge in [-0.05, 0) is 29.8 Å². The number of nitrogens with two attached hydrogens (primary N) is 1. The van der Waals surface area contributed by atoms with Crippen LogP contribution in [0, 0.1) is 5.82 Å². The summed E-state index contributed by atoms with van der Waals surface area (Å²) < 4.78 is 18.9. The summed E-state index contributed by atoms with van der Waals surface area (Å²) in [6.45, 7) is 0.331. The van der Waals surface area contributed by atoms with Gasteiger partial charge in [0.05, 0.1) is 5.88 Å². The Labute approximate surface area is 121 Å². The zero-order valence-electron chi connectivity index (χ0n) is 10.6. The van der Waals surface area contributed by atoms with Gasteiger partial charge in [0.15, 0.2) is 0 Å². The van der Waals surface area contributed by atoms with E-state index in [1.165, 1.54) is 18.2 Å². The van der Waals surface area contributed by atoms with Gasteiger partial charge >= 0.3 is 0 Å². The maximum Gasteiger partial charge on any atom is 0.145 e. The molecule has 20 heavy (non-hydrogen) atoms. The lowest BCUT2D eigenvalue weighted by Gasteiger charge is -2.09. The quantitative estimate of drug-likeness (QED) is 0.524. The molecule has 104 valence electrons. The van der Waals surface area contributed by atoms with Gasteiger partial charge in [-0.2, -0.15) is 0 Å². The Bertz CT molecular complexity index is 605. The molecule has 0 bridgehead atoms. The highest BCUT2D eigenvalue weighted by atomic mass is 35.5. The van der Waals surface area contributed by atoms with E-state index in [9.17, 15) is 4.39 Å².